The van der Waals surface area contributed by atoms with Crippen LogP contribution < -0.4 is 5.73 Å². The van der Waals surface area contributed by atoms with Crippen LogP contribution in [-0.4, -0.2) is 10.8 Å². The summed E-state index contributed by atoms with van der Waals surface area (Å²) >= 11 is 0. The summed E-state index contributed by atoms with van der Waals surface area (Å²) in [6.07, 6.45) is 2.96. The largest absolute Gasteiger partial charge is 0.384 e. The van der Waals surface area contributed by atoms with Crippen LogP contribution in [0.15, 0.2) is 42.6 Å². The van der Waals surface area contributed by atoms with Gasteiger partial charge in [0, 0.05) is 18.2 Å². The molecule has 0 amide bonds. The van der Waals surface area contributed by atoms with Crippen molar-refractivity contribution in [3.8, 4) is 0 Å². The number of rotatable bonds is 4. The Labute approximate surface area is 107 Å². The maximum absolute atomic E-state index is 12.1. The van der Waals surface area contributed by atoms with E-state index in [4.69, 9.17) is 5.73 Å². The second kappa shape index (κ2) is 5.45. The van der Waals surface area contributed by atoms with Gasteiger partial charge in [-0.3, -0.25) is 4.79 Å². The van der Waals surface area contributed by atoms with Crippen LogP contribution in [0.5, 0.6) is 0 Å². The normalized spacial score (nSPS) is 10.3. The Morgan fingerprint density at radius 2 is 1.89 bits per heavy atom. The van der Waals surface area contributed by atoms with Crippen molar-refractivity contribution in [2.24, 2.45) is 0 Å². The number of nitrogen functional groups attached to an aromatic ring is 1. The molecule has 0 bridgehead atoms. The smallest absolute Gasteiger partial charge is 0.167 e. The van der Waals surface area contributed by atoms with E-state index in [2.05, 4.69) is 11.9 Å². The average Bonchev–Trinajstić information content (AvgIpc) is 2.39. The highest BCUT2D eigenvalue weighted by Crippen LogP contribution is 2.10. The standard InChI is InChI=1S/C15H16N2O/c1-2-11-3-5-13(6-4-11)14(18)9-12-7-8-17-15(16)10-12/h3-8,10H,2,9H2,1H3,(H2,16,17). The first-order valence-corrected chi connectivity index (χ1v) is 6.01. The summed E-state index contributed by atoms with van der Waals surface area (Å²) in [6.45, 7) is 2.09. The van der Waals surface area contributed by atoms with Crippen molar-refractivity contribution in [1.82, 2.24) is 4.98 Å². The number of nitrogens with two attached hydrogens (primary N) is 1. The van der Waals surface area contributed by atoms with E-state index in [1.165, 1.54) is 5.56 Å². The van der Waals surface area contributed by atoms with Crippen LogP contribution in [-0.2, 0) is 12.8 Å². The Balaban J connectivity index is 2.11. The lowest BCUT2D eigenvalue weighted by molar-refractivity contribution is 0.0993. The van der Waals surface area contributed by atoms with Gasteiger partial charge in [-0.15, -0.1) is 0 Å². The summed E-state index contributed by atoms with van der Waals surface area (Å²) in [5.41, 5.74) is 8.46. The Bertz CT molecular complexity index is 547. The first-order chi connectivity index (χ1) is 8.69. The molecule has 0 aliphatic carbocycles. The lowest BCUT2D eigenvalue weighted by Gasteiger charge is -2.03. The number of carbonyl (C=O) groups is 1. The molecule has 0 atom stereocenters. The molecule has 0 spiro atoms. The van der Waals surface area contributed by atoms with Gasteiger partial charge in [0.05, 0.1) is 0 Å². The predicted molar refractivity (Wildman–Crippen MR) is 72.5 cm³/mol. The Kier molecular flexibility index (Phi) is 3.72. The molecule has 2 N–H and O–H groups in total. The van der Waals surface area contributed by atoms with Crippen LogP contribution in [0, 0.1) is 0 Å². The van der Waals surface area contributed by atoms with Crippen molar-refractivity contribution in [3.63, 3.8) is 0 Å². The number of carbonyl (C=O) groups excluding carboxylic acids is 1. The Hall–Kier alpha value is -2.16. The SMILES string of the molecule is CCc1ccc(C(=O)Cc2ccnc(N)c2)cc1. The number of hydrogen-bond donors (Lipinski definition) is 1. The van der Waals surface area contributed by atoms with Crippen LogP contribution in [0.3, 0.4) is 0 Å². The fourth-order valence-electron chi connectivity index (χ4n) is 1.82. The van der Waals surface area contributed by atoms with E-state index in [0.29, 0.717) is 12.2 Å². The molecule has 1 aromatic heterocycles. The van der Waals surface area contributed by atoms with Gasteiger partial charge in [0.15, 0.2) is 5.78 Å². The molecule has 0 aliphatic heterocycles. The van der Waals surface area contributed by atoms with Crippen LogP contribution in [0.2, 0.25) is 0 Å². The number of nitrogens with zero attached hydrogens (tertiary/aromatic N) is 1. The zero-order valence-corrected chi connectivity index (χ0v) is 10.4. The quantitative estimate of drug-likeness (QED) is 0.836. The molecule has 0 unspecified atom stereocenters. The number of hydrogen-bond acceptors (Lipinski definition) is 3. The zero-order chi connectivity index (χ0) is 13.0. The molecule has 18 heavy (non-hydrogen) atoms. The molecule has 92 valence electrons. The molecule has 2 rings (SSSR count). The molecule has 3 nitrogen and oxygen atoms in total. The van der Waals surface area contributed by atoms with Gasteiger partial charge in [-0.1, -0.05) is 31.2 Å². The van der Waals surface area contributed by atoms with Gasteiger partial charge in [0.2, 0.25) is 0 Å². The van der Waals surface area contributed by atoms with Crippen LogP contribution in [0.1, 0.15) is 28.4 Å². The molecular formula is C15H16N2O. The molecule has 1 aromatic carbocycles. The molecule has 0 saturated heterocycles. The van der Waals surface area contributed by atoms with Crippen molar-refractivity contribution in [2.75, 3.05) is 5.73 Å². The van der Waals surface area contributed by atoms with Gasteiger partial charge < -0.3 is 5.73 Å². The van der Waals surface area contributed by atoms with E-state index < -0.39 is 0 Å². The minimum absolute atomic E-state index is 0.100. The fourth-order valence-corrected chi connectivity index (χ4v) is 1.82. The number of benzene rings is 1. The summed E-state index contributed by atoms with van der Waals surface area (Å²) in [4.78, 5) is 16.0. The van der Waals surface area contributed by atoms with Gasteiger partial charge in [0.1, 0.15) is 5.82 Å². The molecule has 0 fully saturated rings. The van der Waals surface area contributed by atoms with Crippen LogP contribution in [0.4, 0.5) is 5.82 Å². The van der Waals surface area contributed by atoms with Gasteiger partial charge in [-0.2, -0.15) is 0 Å². The highest BCUT2D eigenvalue weighted by atomic mass is 16.1. The summed E-state index contributed by atoms with van der Waals surface area (Å²) in [5, 5.41) is 0. The lowest BCUT2D eigenvalue weighted by atomic mass is 10.0. The van der Waals surface area contributed by atoms with E-state index in [9.17, 15) is 4.79 Å². The summed E-state index contributed by atoms with van der Waals surface area (Å²) < 4.78 is 0. The van der Waals surface area contributed by atoms with Crippen LogP contribution in [0.25, 0.3) is 0 Å². The lowest BCUT2D eigenvalue weighted by Crippen LogP contribution is -2.04. The molecule has 2 aromatic rings. The summed E-state index contributed by atoms with van der Waals surface area (Å²) in [5.74, 6) is 0.546. The molecule has 0 radical (unpaired) electrons. The average molecular weight is 240 g/mol. The number of aryl methyl sites for hydroxylation is 1. The van der Waals surface area contributed by atoms with Crippen molar-refractivity contribution in [1.29, 1.82) is 0 Å². The maximum Gasteiger partial charge on any atom is 0.167 e. The summed E-state index contributed by atoms with van der Waals surface area (Å²) in [7, 11) is 0. The first-order valence-electron chi connectivity index (χ1n) is 6.01. The number of pyridine rings is 1. The van der Waals surface area contributed by atoms with Crippen molar-refractivity contribution in [3.05, 3.63) is 59.3 Å². The molecule has 0 saturated carbocycles. The van der Waals surface area contributed by atoms with Gasteiger partial charge >= 0.3 is 0 Å². The maximum atomic E-state index is 12.1. The third-order valence-corrected chi connectivity index (χ3v) is 2.89. The third-order valence-electron chi connectivity index (χ3n) is 2.89. The highest BCUT2D eigenvalue weighted by molar-refractivity contribution is 5.97. The van der Waals surface area contributed by atoms with E-state index in [-0.39, 0.29) is 5.78 Å². The Morgan fingerprint density at radius 3 is 2.50 bits per heavy atom. The predicted octanol–water partition coefficient (Wildman–Crippen LogP) is 2.65. The Morgan fingerprint density at radius 1 is 1.17 bits per heavy atom. The van der Waals surface area contributed by atoms with Crippen molar-refractivity contribution < 1.29 is 4.79 Å². The number of ketones is 1. The third kappa shape index (κ3) is 2.94. The van der Waals surface area contributed by atoms with Gasteiger partial charge in [0.25, 0.3) is 0 Å². The van der Waals surface area contributed by atoms with Crippen molar-refractivity contribution >= 4 is 11.6 Å². The molecule has 3 heteroatoms. The topological polar surface area (TPSA) is 56.0 Å². The van der Waals surface area contributed by atoms with E-state index >= 15 is 0 Å². The van der Waals surface area contributed by atoms with E-state index in [0.717, 1.165) is 17.5 Å². The minimum atomic E-state index is 0.100. The van der Waals surface area contributed by atoms with Crippen LogP contribution >= 0.6 is 0 Å². The van der Waals surface area contributed by atoms with Crippen molar-refractivity contribution in [2.45, 2.75) is 19.8 Å². The second-order valence-corrected chi connectivity index (χ2v) is 4.24. The highest BCUT2D eigenvalue weighted by Gasteiger charge is 2.07. The monoisotopic (exact) mass is 240 g/mol. The molecule has 0 aliphatic rings. The zero-order valence-electron chi connectivity index (χ0n) is 10.4. The minimum Gasteiger partial charge on any atom is -0.384 e. The van der Waals surface area contributed by atoms with E-state index in [1.807, 2.05) is 30.3 Å². The number of Topliss-reactive ketones (excluding diaryl/α,β-unsaturated/α-hetero) is 1. The number of aromatic nitrogens is 1. The number of anilines is 1. The van der Waals surface area contributed by atoms with Gasteiger partial charge in [-0.25, -0.2) is 4.98 Å². The summed E-state index contributed by atoms with van der Waals surface area (Å²) in [6, 6.07) is 11.3. The molecular weight excluding hydrogens is 224 g/mol. The fraction of sp³-hybridized carbons (Fsp3) is 0.200. The first kappa shape index (κ1) is 12.3. The van der Waals surface area contributed by atoms with E-state index in [1.54, 1.807) is 12.3 Å². The second-order valence-electron chi connectivity index (χ2n) is 4.24. The molecule has 1 heterocycles. The van der Waals surface area contributed by atoms with Gasteiger partial charge in [-0.05, 0) is 29.7 Å².